The van der Waals surface area contributed by atoms with E-state index in [-0.39, 0.29) is 29.1 Å². The molecule has 0 saturated carbocycles. The SMILES string of the molecule is O=C(NCCN1C(=O)S/C(=C/c2ccc(F)cc2)C1=O)c1ccc(=O)[nH]c1. The van der Waals surface area contributed by atoms with Gasteiger partial charge in [-0.1, -0.05) is 12.1 Å². The number of hydrogen-bond donors (Lipinski definition) is 2. The average Bonchev–Trinajstić information content (AvgIpc) is 2.91. The fourth-order valence-corrected chi connectivity index (χ4v) is 3.20. The van der Waals surface area contributed by atoms with Crippen LogP contribution in [0.15, 0.2) is 52.3 Å². The van der Waals surface area contributed by atoms with Crippen molar-refractivity contribution < 1.29 is 18.8 Å². The molecule has 0 unspecified atom stereocenters. The minimum Gasteiger partial charge on any atom is -0.350 e. The number of nitrogens with zero attached hydrogens (tertiary/aromatic N) is 1. The number of H-pyrrole nitrogens is 1. The molecule has 1 fully saturated rings. The molecule has 2 heterocycles. The number of hydrogen-bond acceptors (Lipinski definition) is 5. The summed E-state index contributed by atoms with van der Waals surface area (Å²) in [6, 6.07) is 8.15. The second-order valence-electron chi connectivity index (χ2n) is 5.58. The van der Waals surface area contributed by atoms with Crippen molar-refractivity contribution in [2.75, 3.05) is 13.1 Å². The number of amides is 3. The number of pyridine rings is 1. The summed E-state index contributed by atoms with van der Waals surface area (Å²) in [5.74, 6) is -1.29. The van der Waals surface area contributed by atoms with Crippen molar-refractivity contribution in [1.82, 2.24) is 15.2 Å². The third kappa shape index (κ3) is 4.50. The quantitative estimate of drug-likeness (QED) is 0.765. The number of thioether (sulfide) groups is 1. The molecule has 0 aliphatic carbocycles. The highest BCUT2D eigenvalue weighted by Gasteiger charge is 2.34. The lowest BCUT2D eigenvalue weighted by atomic mass is 10.2. The largest absolute Gasteiger partial charge is 0.350 e. The second kappa shape index (κ2) is 8.00. The molecule has 1 aromatic heterocycles. The molecule has 0 spiro atoms. The van der Waals surface area contributed by atoms with Gasteiger partial charge in [-0.3, -0.25) is 24.1 Å². The predicted molar refractivity (Wildman–Crippen MR) is 98.5 cm³/mol. The van der Waals surface area contributed by atoms with E-state index in [2.05, 4.69) is 10.3 Å². The van der Waals surface area contributed by atoms with Crippen LogP contribution in [0, 0.1) is 5.82 Å². The Morgan fingerprint density at radius 3 is 2.56 bits per heavy atom. The van der Waals surface area contributed by atoms with Crippen molar-refractivity contribution in [3.8, 4) is 0 Å². The zero-order valence-electron chi connectivity index (χ0n) is 13.9. The van der Waals surface area contributed by atoms with E-state index in [4.69, 9.17) is 0 Å². The fourth-order valence-electron chi connectivity index (χ4n) is 2.34. The zero-order valence-corrected chi connectivity index (χ0v) is 14.7. The highest BCUT2D eigenvalue weighted by Crippen LogP contribution is 2.31. The Balaban J connectivity index is 1.59. The lowest BCUT2D eigenvalue weighted by Gasteiger charge is -2.12. The molecule has 7 nitrogen and oxygen atoms in total. The Morgan fingerprint density at radius 2 is 1.89 bits per heavy atom. The molecular weight excluding hydrogens is 373 g/mol. The molecule has 3 amide bonds. The summed E-state index contributed by atoms with van der Waals surface area (Å²) in [5, 5.41) is 2.14. The van der Waals surface area contributed by atoms with Gasteiger partial charge < -0.3 is 10.3 Å². The highest BCUT2D eigenvalue weighted by atomic mass is 32.2. The summed E-state index contributed by atoms with van der Waals surface area (Å²) in [5.41, 5.74) is 0.547. The summed E-state index contributed by atoms with van der Waals surface area (Å²) in [6.45, 7) is 0.0837. The molecule has 0 bridgehead atoms. The van der Waals surface area contributed by atoms with E-state index >= 15 is 0 Å². The number of carbonyl (C=O) groups excluding carboxylic acids is 3. The van der Waals surface area contributed by atoms with Crippen LogP contribution in [0.1, 0.15) is 15.9 Å². The molecule has 2 N–H and O–H groups in total. The zero-order chi connectivity index (χ0) is 19.4. The summed E-state index contributed by atoms with van der Waals surface area (Å²) in [6.07, 6.45) is 2.80. The van der Waals surface area contributed by atoms with Crippen LogP contribution in [0.3, 0.4) is 0 Å². The topological polar surface area (TPSA) is 99.3 Å². The average molecular weight is 387 g/mol. The van der Waals surface area contributed by atoms with Crippen molar-refractivity contribution in [3.63, 3.8) is 0 Å². The number of benzene rings is 1. The minimum atomic E-state index is -0.465. The van der Waals surface area contributed by atoms with Crippen LogP contribution in [-0.4, -0.2) is 40.0 Å². The van der Waals surface area contributed by atoms with Crippen LogP contribution in [0.5, 0.6) is 0 Å². The van der Waals surface area contributed by atoms with Crippen LogP contribution in [0.25, 0.3) is 6.08 Å². The van der Waals surface area contributed by atoms with Crippen molar-refractivity contribution in [1.29, 1.82) is 0 Å². The third-order valence-corrected chi connectivity index (χ3v) is 4.62. The summed E-state index contributed by atoms with van der Waals surface area (Å²) in [7, 11) is 0. The van der Waals surface area contributed by atoms with Crippen molar-refractivity contribution in [2.24, 2.45) is 0 Å². The maximum Gasteiger partial charge on any atom is 0.293 e. The van der Waals surface area contributed by atoms with Gasteiger partial charge in [-0.05, 0) is 41.6 Å². The van der Waals surface area contributed by atoms with E-state index in [1.165, 1.54) is 48.7 Å². The molecule has 1 aliphatic heterocycles. The minimum absolute atomic E-state index is 0.0144. The number of imide groups is 1. The first kappa shape index (κ1) is 18.6. The molecule has 1 aromatic carbocycles. The van der Waals surface area contributed by atoms with E-state index in [0.717, 1.165) is 16.7 Å². The van der Waals surface area contributed by atoms with Crippen LogP contribution in [-0.2, 0) is 4.79 Å². The Labute approximate surface area is 157 Å². The maximum absolute atomic E-state index is 12.9. The van der Waals surface area contributed by atoms with Crippen LogP contribution in [0.4, 0.5) is 9.18 Å². The molecule has 138 valence electrons. The highest BCUT2D eigenvalue weighted by molar-refractivity contribution is 8.18. The number of carbonyl (C=O) groups is 3. The van der Waals surface area contributed by atoms with E-state index in [1.807, 2.05) is 0 Å². The van der Waals surface area contributed by atoms with Gasteiger partial charge in [0.2, 0.25) is 5.56 Å². The Bertz CT molecular complexity index is 964. The summed E-state index contributed by atoms with van der Waals surface area (Å²) < 4.78 is 12.9. The van der Waals surface area contributed by atoms with Crippen molar-refractivity contribution in [2.45, 2.75) is 0 Å². The number of aromatic nitrogens is 1. The van der Waals surface area contributed by atoms with Crippen LogP contribution >= 0.6 is 11.8 Å². The standard InChI is InChI=1S/C18H14FN3O4S/c19-13-4-1-11(2-5-13)9-14-17(25)22(18(26)27-14)8-7-20-16(24)12-3-6-15(23)21-10-12/h1-6,9-10H,7-8H2,(H,20,24)(H,21,23)/b14-9+. The van der Waals surface area contributed by atoms with Gasteiger partial charge in [0.15, 0.2) is 0 Å². The summed E-state index contributed by atoms with van der Waals surface area (Å²) in [4.78, 5) is 51.0. The van der Waals surface area contributed by atoms with Gasteiger partial charge in [0, 0.05) is 25.4 Å². The van der Waals surface area contributed by atoms with E-state index in [0.29, 0.717) is 5.56 Å². The van der Waals surface area contributed by atoms with Crippen LogP contribution < -0.4 is 10.9 Å². The molecule has 0 atom stereocenters. The predicted octanol–water partition coefficient (Wildman–Crippen LogP) is 1.98. The maximum atomic E-state index is 12.9. The first-order chi connectivity index (χ1) is 12.9. The fraction of sp³-hybridized carbons (Fsp3) is 0.111. The third-order valence-electron chi connectivity index (χ3n) is 3.71. The molecule has 1 aliphatic rings. The van der Waals surface area contributed by atoms with Gasteiger partial charge >= 0.3 is 0 Å². The Hall–Kier alpha value is -3.20. The second-order valence-corrected chi connectivity index (χ2v) is 6.58. The number of rotatable bonds is 5. The van der Waals surface area contributed by atoms with Gasteiger partial charge in [-0.15, -0.1) is 0 Å². The summed E-state index contributed by atoms with van der Waals surface area (Å²) >= 11 is 0.790. The molecule has 9 heteroatoms. The molecule has 3 rings (SSSR count). The molecule has 27 heavy (non-hydrogen) atoms. The molecular formula is C18H14FN3O4S. The van der Waals surface area contributed by atoms with E-state index < -0.39 is 22.9 Å². The lowest BCUT2D eigenvalue weighted by molar-refractivity contribution is -0.122. The van der Waals surface area contributed by atoms with Gasteiger partial charge in [-0.2, -0.15) is 0 Å². The molecule has 2 aromatic rings. The normalized spacial score (nSPS) is 15.4. The van der Waals surface area contributed by atoms with Gasteiger partial charge in [-0.25, -0.2) is 4.39 Å². The van der Waals surface area contributed by atoms with E-state index in [1.54, 1.807) is 0 Å². The molecule has 1 saturated heterocycles. The van der Waals surface area contributed by atoms with E-state index in [9.17, 15) is 23.6 Å². The lowest BCUT2D eigenvalue weighted by Crippen LogP contribution is -2.37. The first-order valence-corrected chi connectivity index (χ1v) is 8.73. The van der Waals surface area contributed by atoms with Gasteiger partial charge in [0.05, 0.1) is 10.5 Å². The number of nitrogens with one attached hydrogen (secondary N) is 2. The Kier molecular flexibility index (Phi) is 5.51. The van der Waals surface area contributed by atoms with Crippen LogP contribution in [0.2, 0.25) is 0 Å². The smallest absolute Gasteiger partial charge is 0.293 e. The van der Waals surface area contributed by atoms with Crippen molar-refractivity contribution >= 4 is 34.9 Å². The molecule has 0 radical (unpaired) electrons. The number of aromatic amines is 1. The van der Waals surface area contributed by atoms with Gasteiger partial charge in [0.1, 0.15) is 5.82 Å². The first-order valence-electron chi connectivity index (χ1n) is 7.92. The Morgan fingerprint density at radius 1 is 1.15 bits per heavy atom. The van der Waals surface area contributed by atoms with Crippen molar-refractivity contribution in [3.05, 3.63) is 74.8 Å². The van der Waals surface area contributed by atoms with Gasteiger partial charge in [0.25, 0.3) is 17.1 Å². The monoisotopic (exact) mass is 387 g/mol. The number of halogens is 1.